The van der Waals surface area contributed by atoms with Gasteiger partial charge in [-0.05, 0) is 24.6 Å². The molecule has 204 valence electrons. The summed E-state index contributed by atoms with van der Waals surface area (Å²) < 4.78 is 11.3. The molecular formula is C24H28N4O10. The second kappa shape index (κ2) is 13.4. The van der Waals surface area contributed by atoms with E-state index in [1.165, 1.54) is 24.4 Å². The molecule has 2 aromatic rings. The van der Waals surface area contributed by atoms with E-state index in [1.54, 1.807) is 12.1 Å². The van der Waals surface area contributed by atoms with E-state index in [4.69, 9.17) is 9.47 Å². The summed E-state index contributed by atoms with van der Waals surface area (Å²) in [6.07, 6.45) is -3.62. The molecule has 2 heterocycles. The highest BCUT2D eigenvalue weighted by Gasteiger charge is 2.43. The van der Waals surface area contributed by atoms with Crippen LogP contribution in [0.15, 0.2) is 41.3 Å². The van der Waals surface area contributed by atoms with Crippen molar-refractivity contribution < 1.29 is 44.0 Å². The summed E-state index contributed by atoms with van der Waals surface area (Å²) in [5.41, 5.74) is -0.742. The second-order valence-electron chi connectivity index (χ2n) is 8.35. The van der Waals surface area contributed by atoms with Crippen LogP contribution in [0.1, 0.15) is 42.3 Å². The van der Waals surface area contributed by atoms with Gasteiger partial charge < -0.3 is 40.2 Å². The Labute approximate surface area is 216 Å². The van der Waals surface area contributed by atoms with Gasteiger partial charge in [0, 0.05) is 25.6 Å². The maximum atomic E-state index is 12.3. The van der Waals surface area contributed by atoms with Crippen LogP contribution in [0.4, 0.5) is 5.82 Å². The SMILES string of the molecule is O=CC[C@H]1O[C@@H](n2ccc(NC(=O)CCC(=O)OCCCNC(=O)c3ccccc3O)nc2=O)[C@@H](O)[C@@H]1O. The number of hydrogen-bond donors (Lipinski definition) is 5. The first-order valence-corrected chi connectivity index (χ1v) is 11.8. The number of anilines is 1. The van der Waals surface area contributed by atoms with Crippen molar-refractivity contribution in [2.75, 3.05) is 18.5 Å². The Morgan fingerprint density at radius 3 is 2.61 bits per heavy atom. The summed E-state index contributed by atoms with van der Waals surface area (Å²) in [5, 5.41) is 34.7. The Morgan fingerprint density at radius 1 is 1.13 bits per heavy atom. The molecule has 0 spiro atoms. The van der Waals surface area contributed by atoms with Crippen molar-refractivity contribution >= 4 is 29.9 Å². The number of aromatic hydroxyl groups is 1. The topological polar surface area (TPSA) is 206 Å². The molecule has 38 heavy (non-hydrogen) atoms. The third-order valence-electron chi connectivity index (χ3n) is 5.61. The quantitative estimate of drug-likeness (QED) is 0.130. The summed E-state index contributed by atoms with van der Waals surface area (Å²) in [7, 11) is 0. The number of esters is 1. The number of aliphatic hydroxyl groups is 2. The van der Waals surface area contributed by atoms with E-state index in [0.29, 0.717) is 12.7 Å². The van der Waals surface area contributed by atoms with Crippen molar-refractivity contribution in [1.82, 2.24) is 14.9 Å². The highest BCUT2D eigenvalue weighted by molar-refractivity contribution is 5.96. The maximum Gasteiger partial charge on any atom is 0.351 e. The monoisotopic (exact) mass is 532 g/mol. The zero-order valence-electron chi connectivity index (χ0n) is 20.2. The van der Waals surface area contributed by atoms with Gasteiger partial charge in [-0.1, -0.05) is 12.1 Å². The number of ether oxygens (including phenoxy) is 2. The molecule has 1 aromatic heterocycles. The number of rotatable bonds is 12. The summed E-state index contributed by atoms with van der Waals surface area (Å²) in [6, 6.07) is 7.35. The lowest BCUT2D eigenvalue weighted by atomic mass is 10.1. The van der Waals surface area contributed by atoms with E-state index in [0.717, 1.165) is 4.57 Å². The van der Waals surface area contributed by atoms with Gasteiger partial charge in [0.25, 0.3) is 5.91 Å². The number of nitrogens with one attached hydrogen (secondary N) is 2. The molecule has 1 aliphatic rings. The van der Waals surface area contributed by atoms with Gasteiger partial charge in [0.05, 0.1) is 24.7 Å². The fraction of sp³-hybridized carbons (Fsp3) is 0.417. The minimum Gasteiger partial charge on any atom is -0.507 e. The van der Waals surface area contributed by atoms with Gasteiger partial charge in [-0.3, -0.25) is 19.0 Å². The molecule has 5 N–H and O–H groups in total. The third kappa shape index (κ3) is 7.44. The largest absolute Gasteiger partial charge is 0.507 e. The Kier molecular flexibility index (Phi) is 10.0. The van der Waals surface area contributed by atoms with E-state index in [9.17, 15) is 39.3 Å². The maximum absolute atomic E-state index is 12.3. The number of phenols is 1. The molecule has 1 aliphatic heterocycles. The number of carbonyl (C=O) groups is 4. The minimum absolute atomic E-state index is 0.0127. The normalized spacial score (nSPS) is 20.5. The summed E-state index contributed by atoms with van der Waals surface area (Å²) in [5.74, 6) is -1.93. The van der Waals surface area contributed by atoms with Gasteiger partial charge in [-0.2, -0.15) is 4.98 Å². The fourth-order valence-corrected chi connectivity index (χ4v) is 3.64. The number of hydrogen-bond acceptors (Lipinski definition) is 11. The number of aromatic nitrogens is 2. The molecule has 4 atom stereocenters. The number of benzene rings is 1. The van der Waals surface area contributed by atoms with Gasteiger partial charge in [-0.15, -0.1) is 0 Å². The molecule has 0 unspecified atom stereocenters. The van der Waals surface area contributed by atoms with E-state index in [1.807, 2.05) is 0 Å². The zero-order chi connectivity index (χ0) is 27.7. The van der Waals surface area contributed by atoms with E-state index < -0.39 is 48.0 Å². The average molecular weight is 533 g/mol. The van der Waals surface area contributed by atoms with E-state index in [-0.39, 0.29) is 49.5 Å². The lowest BCUT2D eigenvalue weighted by Crippen LogP contribution is -2.35. The van der Waals surface area contributed by atoms with Crippen molar-refractivity contribution in [1.29, 1.82) is 0 Å². The molecule has 2 amide bonds. The van der Waals surface area contributed by atoms with Crippen molar-refractivity contribution in [2.45, 2.75) is 50.2 Å². The number of aliphatic hydroxyl groups excluding tert-OH is 2. The lowest BCUT2D eigenvalue weighted by Gasteiger charge is -2.17. The smallest absolute Gasteiger partial charge is 0.351 e. The molecule has 14 heteroatoms. The summed E-state index contributed by atoms with van der Waals surface area (Å²) in [4.78, 5) is 62.7. The first-order valence-electron chi connectivity index (χ1n) is 11.8. The second-order valence-corrected chi connectivity index (χ2v) is 8.35. The molecule has 1 saturated heterocycles. The number of phenolic OH excluding ortho intramolecular Hbond substituents is 1. The van der Waals surface area contributed by atoms with Crippen LogP contribution in [0.5, 0.6) is 5.75 Å². The third-order valence-corrected chi connectivity index (χ3v) is 5.61. The number of aldehydes is 1. The van der Waals surface area contributed by atoms with Gasteiger partial charge in [0.2, 0.25) is 5.91 Å². The van der Waals surface area contributed by atoms with E-state index >= 15 is 0 Å². The predicted molar refractivity (Wildman–Crippen MR) is 129 cm³/mol. The predicted octanol–water partition coefficient (Wildman–Crippen LogP) is -0.761. The minimum atomic E-state index is -1.46. The van der Waals surface area contributed by atoms with Crippen molar-refractivity contribution in [2.24, 2.45) is 0 Å². The fourth-order valence-electron chi connectivity index (χ4n) is 3.64. The van der Waals surface area contributed by atoms with Crippen molar-refractivity contribution in [3.05, 3.63) is 52.6 Å². The molecule has 1 fully saturated rings. The number of carbonyl (C=O) groups excluding carboxylic acids is 4. The lowest BCUT2D eigenvalue weighted by molar-refractivity contribution is -0.144. The van der Waals surface area contributed by atoms with Crippen LogP contribution < -0.4 is 16.3 Å². The van der Waals surface area contributed by atoms with Crippen LogP contribution in [0, 0.1) is 0 Å². The summed E-state index contributed by atoms with van der Waals surface area (Å²) in [6.45, 7) is 0.219. The van der Waals surface area contributed by atoms with Crippen LogP contribution in [0.25, 0.3) is 0 Å². The Hall–Kier alpha value is -4.14. The highest BCUT2D eigenvalue weighted by atomic mass is 16.6. The van der Waals surface area contributed by atoms with Crippen molar-refractivity contribution in [3.8, 4) is 5.75 Å². The van der Waals surface area contributed by atoms with Gasteiger partial charge >= 0.3 is 11.7 Å². The molecule has 3 rings (SSSR count). The highest BCUT2D eigenvalue weighted by Crippen LogP contribution is 2.29. The Bertz CT molecular complexity index is 1220. The number of nitrogens with zero attached hydrogens (tertiary/aromatic N) is 2. The van der Waals surface area contributed by atoms with Crippen LogP contribution >= 0.6 is 0 Å². The summed E-state index contributed by atoms with van der Waals surface area (Å²) >= 11 is 0. The van der Waals surface area contributed by atoms with Crippen LogP contribution in [-0.4, -0.2) is 80.4 Å². The van der Waals surface area contributed by atoms with E-state index in [2.05, 4.69) is 15.6 Å². The van der Waals surface area contributed by atoms with Crippen LogP contribution in [0.3, 0.4) is 0 Å². The van der Waals surface area contributed by atoms with Crippen molar-refractivity contribution in [3.63, 3.8) is 0 Å². The number of para-hydroxylation sites is 1. The van der Waals surface area contributed by atoms with Gasteiger partial charge in [-0.25, -0.2) is 4.79 Å². The average Bonchev–Trinajstić information content (AvgIpc) is 3.16. The molecule has 0 saturated carbocycles. The molecule has 1 aromatic carbocycles. The number of amides is 2. The Morgan fingerprint density at radius 2 is 1.89 bits per heavy atom. The Balaban J connectivity index is 1.37. The molecule has 14 nitrogen and oxygen atoms in total. The zero-order valence-corrected chi connectivity index (χ0v) is 20.2. The molecule has 0 aliphatic carbocycles. The molecule has 0 bridgehead atoms. The first-order chi connectivity index (χ1) is 18.2. The molecular weight excluding hydrogens is 504 g/mol. The van der Waals surface area contributed by atoms with Crippen LogP contribution in [0.2, 0.25) is 0 Å². The van der Waals surface area contributed by atoms with Crippen LogP contribution in [-0.2, 0) is 23.9 Å². The molecule has 0 radical (unpaired) electrons. The standard InChI is InChI=1S/C24H28N4O10/c29-12-9-16-20(33)21(34)23(38-16)28-11-8-17(27-24(28)36)26-18(31)6-7-19(32)37-13-3-10-25-22(35)14-4-1-2-5-15(14)30/h1-2,4-5,8,11-12,16,20-21,23,30,33-34H,3,6-7,9-10,13H2,(H,25,35)(H,26,27,31,36)/t16-,20-,21+,23-/m1/s1. The first kappa shape index (κ1) is 28.4. The van der Waals surface area contributed by atoms with Gasteiger partial charge in [0.15, 0.2) is 6.23 Å². The van der Waals surface area contributed by atoms with Gasteiger partial charge in [0.1, 0.15) is 30.1 Å².